The van der Waals surface area contributed by atoms with Crippen molar-refractivity contribution in [1.82, 2.24) is 9.80 Å². The van der Waals surface area contributed by atoms with Crippen LogP contribution in [-0.4, -0.2) is 61.1 Å². The minimum atomic E-state index is -0.421. The molecule has 6 heteroatoms. The first-order valence-corrected chi connectivity index (χ1v) is 8.49. The standard InChI is InChI=1S/C18H29N3O3/c1-13-11-14(24-4)12-18(2,3)15(13)5-6-16(22)20-7-9-21(10-8-20)17(19)23/h5-6,14H,7-12H2,1-4H3,(H2,19,23). The van der Waals surface area contributed by atoms with Crippen LogP contribution in [-0.2, 0) is 9.53 Å². The second kappa shape index (κ2) is 7.38. The van der Waals surface area contributed by atoms with Gasteiger partial charge in [0.2, 0.25) is 5.91 Å². The van der Waals surface area contributed by atoms with Crippen molar-refractivity contribution in [2.24, 2.45) is 11.1 Å². The summed E-state index contributed by atoms with van der Waals surface area (Å²) in [6.45, 7) is 8.55. The molecule has 24 heavy (non-hydrogen) atoms. The molecule has 2 aliphatic rings. The molecule has 1 aliphatic heterocycles. The van der Waals surface area contributed by atoms with Crippen LogP contribution in [0.5, 0.6) is 0 Å². The van der Waals surface area contributed by atoms with Crippen molar-refractivity contribution < 1.29 is 14.3 Å². The van der Waals surface area contributed by atoms with E-state index >= 15 is 0 Å². The van der Waals surface area contributed by atoms with E-state index in [0.717, 1.165) is 12.8 Å². The van der Waals surface area contributed by atoms with Gasteiger partial charge >= 0.3 is 6.03 Å². The Balaban J connectivity index is 2.02. The summed E-state index contributed by atoms with van der Waals surface area (Å²) in [7, 11) is 1.75. The van der Waals surface area contributed by atoms with E-state index in [0.29, 0.717) is 26.2 Å². The van der Waals surface area contributed by atoms with Crippen molar-refractivity contribution in [2.45, 2.75) is 39.7 Å². The lowest BCUT2D eigenvalue weighted by Crippen LogP contribution is -2.51. The molecule has 1 heterocycles. The van der Waals surface area contributed by atoms with Gasteiger partial charge in [0.1, 0.15) is 0 Å². The van der Waals surface area contributed by atoms with E-state index in [2.05, 4.69) is 20.8 Å². The lowest BCUT2D eigenvalue weighted by atomic mass is 9.71. The van der Waals surface area contributed by atoms with E-state index in [1.807, 2.05) is 6.08 Å². The zero-order chi connectivity index (χ0) is 17.9. The van der Waals surface area contributed by atoms with Crippen LogP contribution in [0.1, 0.15) is 33.6 Å². The highest BCUT2D eigenvalue weighted by atomic mass is 16.5. The van der Waals surface area contributed by atoms with Gasteiger partial charge in [-0.15, -0.1) is 0 Å². The summed E-state index contributed by atoms with van der Waals surface area (Å²) in [4.78, 5) is 26.9. The minimum absolute atomic E-state index is 0.00947. The first kappa shape index (κ1) is 18.5. The number of carbonyl (C=O) groups is 2. The van der Waals surface area contributed by atoms with Crippen LogP contribution >= 0.6 is 0 Å². The van der Waals surface area contributed by atoms with Gasteiger partial charge in [0, 0.05) is 39.4 Å². The van der Waals surface area contributed by atoms with E-state index in [1.54, 1.807) is 23.0 Å². The molecule has 1 atom stereocenters. The second-order valence-electron chi connectivity index (χ2n) is 7.33. The molecule has 1 unspecified atom stereocenters. The van der Waals surface area contributed by atoms with Crippen molar-refractivity contribution in [3.8, 4) is 0 Å². The molecule has 0 aromatic heterocycles. The van der Waals surface area contributed by atoms with Crippen LogP contribution in [0.3, 0.4) is 0 Å². The fraction of sp³-hybridized carbons (Fsp3) is 0.667. The molecule has 3 amide bonds. The number of carbonyl (C=O) groups excluding carboxylic acids is 2. The zero-order valence-corrected chi connectivity index (χ0v) is 15.2. The lowest BCUT2D eigenvalue weighted by Gasteiger charge is -2.37. The topological polar surface area (TPSA) is 75.9 Å². The molecule has 6 nitrogen and oxygen atoms in total. The number of hydrogen-bond acceptors (Lipinski definition) is 3. The second-order valence-corrected chi connectivity index (χ2v) is 7.33. The van der Waals surface area contributed by atoms with Gasteiger partial charge in [-0.2, -0.15) is 0 Å². The third-order valence-electron chi connectivity index (χ3n) is 5.09. The smallest absolute Gasteiger partial charge is 0.314 e. The fourth-order valence-corrected chi connectivity index (χ4v) is 3.72. The average Bonchev–Trinajstić information content (AvgIpc) is 2.53. The Morgan fingerprint density at radius 2 is 1.79 bits per heavy atom. The summed E-state index contributed by atoms with van der Waals surface area (Å²) in [5.41, 5.74) is 7.76. The maximum atomic E-state index is 12.4. The molecule has 1 saturated heterocycles. The molecule has 2 rings (SSSR count). The van der Waals surface area contributed by atoms with Crippen molar-refractivity contribution in [2.75, 3.05) is 33.3 Å². The zero-order valence-electron chi connectivity index (χ0n) is 15.2. The minimum Gasteiger partial charge on any atom is -0.381 e. The van der Waals surface area contributed by atoms with Crippen LogP contribution in [0.15, 0.2) is 23.3 Å². The number of rotatable bonds is 3. The van der Waals surface area contributed by atoms with Crippen LogP contribution in [0.2, 0.25) is 0 Å². The van der Waals surface area contributed by atoms with Crippen LogP contribution < -0.4 is 5.73 Å². The molecule has 1 fully saturated rings. The fourth-order valence-electron chi connectivity index (χ4n) is 3.72. The highest BCUT2D eigenvalue weighted by Crippen LogP contribution is 2.41. The van der Waals surface area contributed by atoms with E-state index in [9.17, 15) is 9.59 Å². The maximum absolute atomic E-state index is 12.4. The Kier molecular flexibility index (Phi) is 5.70. The van der Waals surface area contributed by atoms with Gasteiger partial charge in [-0.25, -0.2) is 4.79 Å². The van der Waals surface area contributed by atoms with E-state index in [4.69, 9.17) is 10.5 Å². The number of amides is 3. The van der Waals surface area contributed by atoms with Crippen molar-refractivity contribution in [3.63, 3.8) is 0 Å². The van der Waals surface area contributed by atoms with Crippen molar-refractivity contribution in [3.05, 3.63) is 23.3 Å². The Bertz CT molecular complexity index is 558. The van der Waals surface area contributed by atoms with Gasteiger partial charge in [-0.05, 0) is 30.8 Å². The maximum Gasteiger partial charge on any atom is 0.314 e. The van der Waals surface area contributed by atoms with E-state index in [1.165, 1.54) is 11.1 Å². The molecular formula is C18H29N3O3. The molecular weight excluding hydrogens is 306 g/mol. The first-order chi connectivity index (χ1) is 11.2. The number of piperazine rings is 1. The monoisotopic (exact) mass is 335 g/mol. The summed E-state index contributed by atoms with van der Waals surface area (Å²) in [6.07, 6.45) is 5.73. The Morgan fingerprint density at radius 3 is 2.29 bits per heavy atom. The molecule has 0 saturated carbocycles. The molecule has 134 valence electrons. The Labute approximate surface area is 144 Å². The number of ether oxygens (including phenoxy) is 1. The summed E-state index contributed by atoms with van der Waals surface area (Å²) >= 11 is 0. The molecule has 0 bridgehead atoms. The van der Waals surface area contributed by atoms with Crippen LogP contribution in [0.4, 0.5) is 4.79 Å². The molecule has 1 aliphatic carbocycles. The van der Waals surface area contributed by atoms with Crippen LogP contribution in [0.25, 0.3) is 0 Å². The highest BCUT2D eigenvalue weighted by molar-refractivity contribution is 5.88. The third kappa shape index (κ3) is 4.17. The Hall–Kier alpha value is -1.82. The number of nitrogens with two attached hydrogens (primary N) is 1. The molecule has 2 N–H and O–H groups in total. The number of nitrogens with zero attached hydrogens (tertiary/aromatic N) is 2. The van der Waals surface area contributed by atoms with Crippen molar-refractivity contribution >= 4 is 11.9 Å². The molecule has 0 aromatic carbocycles. The third-order valence-corrected chi connectivity index (χ3v) is 5.09. The number of urea groups is 1. The average molecular weight is 335 g/mol. The number of hydrogen-bond donors (Lipinski definition) is 1. The quantitative estimate of drug-likeness (QED) is 0.801. The Morgan fingerprint density at radius 1 is 1.21 bits per heavy atom. The lowest BCUT2D eigenvalue weighted by molar-refractivity contribution is -0.127. The van der Waals surface area contributed by atoms with Crippen molar-refractivity contribution in [1.29, 1.82) is 0 Å². The largest absolute Gasteiger partial charge is 0.381 e. The number of methoxy groups -OCH3 is 1. The molecule has 0 radical (unpaired) electrons. The normalized spacial score (nSPS) is 24.6. The van der Waals surface area contributed by atoms with E-state index in [-0.39, 0.29) is 17.4 Å². The highest BCUT2D eigenvalue weighted by Gasteiger charge is 2.32. The SMILES string of the molecule is COC1CC(C)=C(C=CC(=O)N2CCN(C(N)=O)CC2)C(C)(C)C1. The summed E-state index contributed by atoms with van der Waals surface area (Å²) in [5, 5.41) is 0. The number of allylic oxidation sites excluding steroid dienone is 2. The summed E-state index contributed by atoms with van der Waals surface area (Å²) < 4.78 is 5.52. The molecule has 0 spiro atoms. The summed E-state index contributed by atoms with van der Waals surface area (Å²) in [5.74, 6) is -0.0101. The van der Waals surface area contributed by atoms with Crippen LogP contribution in [0, 0.1) is 5.41 Å². The predicted molar refractivity (Wildman–Crippen MR) is 93.4 cm³/mol. The van der Waals surface area contributed by atoms with Gasteiger partial charge in [0.15, 0.2) is 0 Å². The van der Waals surface area contributed by atoms with Gasteiger partial charge < -0.3 is 20.3 Å². The number of primary amides is 1. The van der Waals surface area contributed by atoms with Gasteiger partial charge in [-0.1, -0.05) is 25.5 Å². The van der Waals surface area contributed by atoms with Gasteiger partial charge in [-0.3, -0.25) is 4.79 Å². The van der Waals surface area contributed by atoms with Gasteiger partial charge in [0.05, 0.1) is 6.10 Å². The van der Waals surface area contributed by atoms with E-state index < -0.39 is 6.03 Å². The van der Waals surface area contributed by atoms with Gasteiger partial charge in [0.25, 0.3) is 0 Å². The first-order valence-electron chi connectivity index (χ1n) is 8.49. The predicted octanol–water partition coefficient (Wildman–Crippen LogP) is 1.92. The summed E-state index contributed by atoms with van der Waals surface area (Å²) in [6, 6.07) is -0.421. The molecule has 0 aromatic rings.